The van der Waals surface area contributed by atoms with Crippen molar-refractivity contribution in [3.8, 4) is 0 Å². The molecule has 3 unspecified atom stereocenters. The normalized spacial score (nSPS) is 24.1. The Morgan fingerprint density at radius 3 is 2.65 bits per heavy atom. The SMILES string of the molecule is CCOC(CCNC(=O)C1CCCC(N)C1)C(C)C.Cl. The molecule has 0 aromatic heterocycles. The highest BCUT2D eigenvalue weighted by atomic mass is 35.5. The molecule has 0 aromatic carbocycles. The molecule has 120 valence electrons. The molecule has 3 atom stereocenters. The zero-order chi connectivity index (χ0) is 14.3. The third-order valence-electron chi connectivity index (χ3n) is 3.94. The smallest absolute Gasteiger partial charge is 0.223 e. The summed E-state index contributed by atoms with van der Waals surface area (Å²) in [5.74, 6) is 0.780. The third-order valence-corrected chi connectivity index (χ3v) is 3.94. The molecule has 0 saturated heterocycles. The van der Waals surface area contributed by atoms with Crippen LogP contribution in [0.3, 0.4) is 0 Å². The van der Waals surface area contributed by atoms with Crippen molar-refractivity contribution in [2.75, 3.05) is 13.2 Å². The van der Waals surface area contributed by atoms with Crippen LogP contribution in [-0.4, -0.2) is 31.2 Å². The Morgan fingerprint density at radius 1 is 1.40 bits per heavy atom. The molecule has 0 aromatic rings. The number of hydrogen-bond acceptors (Lipinski definition) is 3. The molecule has 20 heavy (non-hydrogen) atoms. The number of halogens is 1. The monoisotopic (exact) mass is 306 g/mol. The van der Waals surface area contributed by atoms with Gasteiger partial charge < -0.3 is 15.8 Å². The Labute approximate surface area is 129 Å². The number of amides is 1. The maximum atomic E-state index is 12.0. The van der Waals surface area contributed by atoms with E-state index in [1.54, 1.807) is 0 Å². The van der Waals surface area contributed by atoms with Gasteiger partial charge in [0, 0.05) is 25.1 Å². The Hall–Kier alpha value is -0.320. The fraction of sp³-hybridized carbons (Fsp3) is 0.933. The van der Waals surface area contributed by atoms with Crippen LogP contribution in [0.5, 0.6) is 0 Å². The van der Waals surface area contributed by atoms with E-state index in [9.17, 15) is 4.79 Å². The fourth-order valence-electron chi connectivity index (χ4n) is 2.77. The summed E-state index contributed by atoms with van der Waals surface area (Å²) < 4.78 is 5.68. The number of carbonyl (C=O) groups excluding carboxylic acids is 1. The maximum Gasteiger partial charge on any atom is 0.223 e. The van der Waals surface area contributed by atoms with Crippen molar-refractivity contribution >= 4 is 18.3 Å². The van der Waals surface area contributed by atoms with Crippen molar-refractivity contribution in [1.82, 2.24) is 5.32 Å². The van der Waals surface area contributed by atoms with Gasteiger partial charge in [-0.2, -0.15) is 0 Å². The van der Waals surface area contributed by atoms with E-state index in [-0.39, 0.29) is 36.4 Å². The molecule has 1 aliphatic carbocycles. The van der Waals surface area contributed by atoms with Crippen LogP contribution in [0.2, 0.25) is 0 Å². The molecule has 1 saturated carbocycles. The minimum absolute atomic E-state index is 0. The second-order valence-corrected chi connectivity index (χ2v) is 5.94. The van der Waals surface area contributed by atoms with Crippen molar-refractivity contribution in [3.05, 3.63) is 0 Å². The Kier molecular flexibility index (Phi) is 10.2. The third kappa shape index (κ3) is 6.91. The number of ether oxygens (including phenoxy) is 1. The van der Waals surface area contributed by atoms with Crippen molar-refractivity contribution < 1.29 is 9.53 Å². The highest BCUT2D eigenvalue weighted by molar-refractivity contribution is 5.85. The summed E-state index contributed by atoms with van der Waals surface area (Å²) in [6.07, 6.45) is 5.08. The van der Waals surface area contributed by atoms with Gasteiger partial charge in [-0.15, -0.1) is 12.4 Å². The molecule has 1 fully saturated rings. The Balaban J connectivity index is 0.00000361. The van der Waals surface area contributed by atoms with E-state index >= 15 is 0 Å². The second-order valence-electron chi connectivity index (χ2n) is 5.94. The molecule has 1 amide bonds. The first-order valence-corrected chi connectivity index (χ1v) is 7.69. The number of nitrogens with one attached hydrogen (secondary N) is 1. The predicted molar refractivity (Wildman–Crippen MR) is 85.1 cm³/mol. The van der Waals surface area contributed by atoms with Crippen molar-refractivity contribution in [2.24, 2.45) is 17.6 Å². The Morgan fingerprint density at radius 2 is 2.10 bits per heavy atom. The van der Waals surface area contributed by atoms with Crippen LogP contribution < -0.4 is 11.1 Å². The number of rotatable bonds is 7. The minimum Gasteiger partial charge on any atom is -0.378 e. The summed E-state index contributed by atoms with van der Waals surface area (Å²) in [6.45, 7) is 7.75. The van der Waals surface area contributed by atoms with Gasteiger partial charge in [0.05, 0.1) is 6.10 Å². The first kappa shape index (κ1) is 19.7. The lowest BCUT2D eigenvalue weighted by Crippen LogP contribution is -2.39. The van der Waals surface area contributed by atoms with Crippen LogP contribution in [0.15, 0.2) is 0 Å². The molecular formula is C15H31ClN2O2. The van der Waals surface area contributed by atoms with Gasteiger partial charge in [-0.25, -0.2) is 0 Å². The van der Waals surface area contributed by atoms with Gasteiger partial charge >= 0.3 is 0 Å². The van der Waals surface area contributed by atoms with Gasteiger partial charge in [0.25, 0.3) is 0 Å². The molecule has 0 heterocycles. The Bertz CT molecular complexity index is 275. The van der Waals surface area contributed by atoms with Gasteiger partial charge in [0.1, 0.15) is 0 Å². The van der Waals surface area contributed by atoms with Crippen LogP contribution in [0.4, 0.5) is 0 Å². The van der Waals surface area contributed by atoms with Gasteiger partial charge in [0.2, 0.25) is 5.91 Å². The lowest BCUT2D eigenvalue weighted by Gasteiger charge is -2.26. The standard InChI is InChI=1S/C15H30N2O2.ClH/c1-4-19-14(11(2)3)8-9-17-15(18)12-6-5-7-13(16)10-12;/h11-14H,4-10,16H2,1-3H3,(H,17,18);1H. The highest BCUT2D eigenvalue weighted by Gasteiger charge is 2.25. The summed E-state index contributed by atoms with van der Waals surface area (Å²) in [7, 11) is 0. The average molecular weight is 307 g/mol. The summed E-state index contributed by atoms with van der Waals surface area (Å²) in [5, 5.41) is 3.04. The van der Waals surface area contributed by atoms with E-state index in [1.807, 2.05) is 6.92 Å². The van der Waals surface area contributed by atoms with Crippen LogP contribution in [0.1, 0.15) is 52.9 Å². The lowest BCUT2D eigenvalue weighted by atomic mass is 9.85. The van der Waals surface area contributed by atoms with E-state index in [2.05, 4.69) is 19.2 Å². The minimum atomic E-state index is 0. The number of carbonyl (C=O) groups is 1. The first-order chi connectivity index (χ1) is 9.04. The van der Waals surface area contributed by atoms with E-state index < -0.39 is 0 Å². The van der Waals surface area contributed by atoms with E-state index in [0.717, 1.165) is 38.7 Å². The molecule has 5 heteroatoms. The largest absolute Gasteiger partial charge is 0.378 e. The highest BCUT2D eigenvalue weighted by Crippen LogP contribution is 2.23. The fourth-order valence-corrected chi connectivity index (χ4v) is 2.77. The molecular weight excluding hydrogens is 276 g/mol. The molecule has 1 aliphatic rings. The van der Waals surface area contributed by atoms with Crippen LogP contribution in [0.25, 0.3) is 0 Å². The second kappa shape index (κ2) is 10.4. The first-order valence-electron chi connectivity index (χ1n) is 7.69. The zero-order valence-corrected chi connectivity index (χ0v) is 13.9. The molecule has 0 spiro atoms. The van der Waals surface area contributed by atoms with E-state index in [4.69, 9.17) is 10.5 Å². The van der Waals surface area contributed by atoms with Gasteiger partial charge in [-0.05, 0) is 38.5 Å². The average Bonchev–Trinajstić information content (AvgIpc) is 2.37. The van der Waals surface area contributed by atoms with Crippen LogP contribution in [0, 0.1) is 11.8 Å². The van der Waals surface area contributed by atoms with Crippen LogP contribution >= 0.6 is 12.4 Å². The van der Waals surface area contributed by atoms with Crippen molar-refractivity contribution in [3.63, 3.8) is 0 Å². The van der Waals surface area contributed by atoms with Crippen LogP contribution in [-0.2, 0) is 9.53 Å². The summed E-state index contributed by atoms with van der Waals surface area (Å²) in [4.78, 5) is 12.0. The van der Waals surface area contributed by atoms with Gasteiger partial charge in [-0.3, -0.25) is 4.79 Å². The molecule has 0 radical (unpaired) electrons. The molecule has 0 aliphatic heterocycles. The van der Waals surface area contributed by atoms with Gasteiger partial charge in [0.15, 0.2) is 0 Å². The topological polar surface area (TPSA) is 64.3 Å². The summed E-state index contributed by atoms with van der Waals surface area (Å²) >= 11 is 0. The number of nitrogens with two attached hydrogens (primary N) is 1. The summed E-state index contributed by atoms with van der Waals surface area (Å²) in [6, 6.07) is 0.205. The van der Waals surface area contributed by atoms with Crippen molar-refractivity contribution in [1.29, 1.82) is 0 Å². The van der Waals surface area contributed by atoms with E-state index in [1.165, 1.54) is 0 Å². The quantitative estimate of drug-likeness (QED) is 0.759. The predicted octanol–water partition coefficient (Wildman–Crippen LogP) is 2.49. The molecule has 3 N–H and O–H groups in total. The molecule has 4 nitrogen and oxygen atoms in total. The molecule has 1 rings (SSSR count). The summed E-state index contributed by atoms with van der Waals surface area (Å²) in [5.41, 5.74) is 5.92. The maximum absolute atomic E-state index is 12.0. The van der Waals surface area contributed by atoms with Gasteiger partial charge in [-0.1, -0.05) is 20.3 Å². The van der Waals surface area contributed by atoms with Crippen molar-refractivity contribution in [2.45, 2.75) is 65.0 Å². The number of hydrogen-bond donors (Lipinski definition) is 2. The zero-order valence-electron chi connectivity index (χ0n) is 13.1. The molecule has 0 bridgehead atoms. The van der Waals surface area contributed by atoms with E-state index in [0.29, 0.717) is 12.5 Å². The lowest BCUT2D eigenvalue weighted by molar-refractivity contribution is -0.126.